The first-order valence-corrected chi connectivity index (χ1v) is 4.92. The summed E-state index contributed by atoms with van der Waals surface area (Å²) < 4.78 is 6.80. The largest absolute Gasteiger partial charge is 0.487 e. The summed E-state index contributed by atoms with van der Waals surface area (Å²) in [7, 11) is 0. The van der Waals surface area contributed by atoms with E-state index in [-0.39, 0.29) is 0 Å². The Bertz CT molecular complexity index is 487. The van der Waals surface area contributed by atoms with Crippen LogP contribution in [0.25, 0.3) is 16.2 Å². The average molecular weight is 189 g/mol. The highest BCUT2D eigenvalue weighted by atomic mass is 32.1. The van der Waals surface area contributed by atoms with Crippen LogP contribution in [0.1, 0.15) is 4.88 Å². The molecule has 13 heavy (non-hydrogen) atoms. The highest BCUT2D eigenvalue weighted by molar-refractivity contribution is 7.20. The van der Waals surface area contributed by atoms with E-state index in [1.807, 2.05) is 24.5 Å². The third-order valence-electron chi connectivity index (χ3n) is 2.06. The van der Waals surface area contributed by atoms with Crippen LogP contribution in [0.15, 0.2) is 24.5 Å². The Labute approximate surface area is 79.5 Å². The number of aromatic nitrogens is 1. The van der Waals surface area contributed by atoms with Gasteiger partial charge in [-0.15, -0.1) is 11.3 Å². The Morgan fingerprint density at radius 2 is 2.46 bits per heavy atom. The SMILES string of the molecule is C1=Cc2sc3ccncc3c2OC1. The molecule has 0 N–H and O–H groups in total. The van der Waals surface area contributed by atoms with Crippen molar-refractivity contribution in [1.29, 1.82) is 0 Å². The quantitative estimate of drug-likeness (QED) is 0.635. The molecule has 0 unspecified atom stereocenters. The summed E-state index contributed by atoms with van der Waals surface area (Å²) >= 11 is 1.75. The summed E-state index contributed by atoms with van der Waals surface area (Å²) in [5.74, 6) is 0.996. The molecule has 0 spiro atoms. The van der Waals surface area contributed by atoms with Crippen molar-refractivity contribution in [2.24, 2.45) is 0 Å². The van der Waals surface area contributed by atoms with Crippen LogP contribution in [0, 0.1) is 0 Å². The van der Waals surface area contributed by atoms with Gasteiger partial charge in [0, 0.05) is 17.1 Å². The lowest BCUT2D eigenvalue weighted by Crippen LogP contribution is -1.97. The van der Waals surface area contributed by atoms with Gasteiger partial charge in [0.15, 0.2) is 0 Å². The van der Waals surface area contributed by atoms with E-state index in [1.165, 1.54) is 9.58 Å². The molecule has 3 rings (SSSR count). The molecule has 0 saturated carbocycles. The molecule has 1 aliphatic heterocycles. The van der Waals surface area contributed by atoms with Crippen molar-refractivity contribution >= 4 is 27.5 Å². The van der Waals surface area contributed by atoms with E-state index in [0.29, 0.717) is 6.61 Å². The van der Waals surface area contributed by atoms with Gasteiger partial charge in [-0.3, -0.25) is 4.98 Å². The molecule has 0 aromatic carbocycles. The molecule has 0 bridgehead atoms. The van der Waals surface area contributed by atoms with Gasteiger partial charge < -0.3 is 4.74 Å². The third kappa shape index (κ3) is 0.971. The molecule has 2 nitrogen and oxygen atoms in total. The fraction of sp³-hybridized carbons (Fsp3) is 0.100. The summed E-state index contributed by atoms with van der Waals surface area (Å²) in [4.78, 5) is 5.30. The molecule has 0 atom stereocenters. The molecule has 64 valence electrons. The average Bonchev–Trinajstić information content (AvgIpc) is 2.56. The second kappa shape index (κ2) is 2.57. The Hall–Kier alpha value is -1.35. The zero-order valence-corrected chi connectivity index (χ0v) is 7.67. The van der Waals surface area contributed by atoms with Gasteiger partial charge in [0.05, 0.1) is 10.3 Å². The first-order chi connectivity index (χ1) is 6.45. The van der Waals surface area contributed by atoms with E-state index in [4.69, 9.17) is 4.74 Å². The minimum Gasteiger partial charge on any atom is -0.487 e. The smallest absolute Gasteiger partial charge is 0.147 e. The topological polar surface area (TPSA) is 22.1 Å². The maximum atomic E-state index is 5.56. The van der Waals surface area contributed by atoms with Crippen molar-refractivity contribution in [2.75, 3.05) is 6.61 Å². The van der Waals surface area contributed by atoms with Gasteiger partial charge in [0.25, 0.3) is 0 Å². The Morgan fingerprint density at radius 1 is 1.46 bits per heavy atom. The number of ether oxygens (including phenoxy) is 1. The van der Waals surface area contributed by atoms with Crippen LogP contribution in [-0.4, -0.2) is 11.6 Å². The number of rotatable bonds is 0. The van der Waals surface area contributed by atoms with Crippen LogP contribution in [-0.2, 0) is 0 Å². The van der Waals surface area contributed by atoms with Crippen molar-refractivity contribution < 1.29 is 4.74 Å². The van der Waals surface area contributed by atoms with Crippen LogP contribution in [0.2, 0.25) is 0 Å². The summed E-state index contributed by atoms with van der Waals surface area (Å²) in [5, 5.41) is 1.13. The fourth-order valence-electron chi connectivity index (χ4n) is 1.48. The molecular weight excluding hydrogens is 182 g/mol. The zero-order chi connectivity index (χ0) is 8.67. The molecule has 2 aromatic rings. The first-order valence-electron chi connectivity index (χ1n) is 4.11. The molecule has 0 saturated heterocycles. The van der Waals surface area contributed by atoms with Crippen molar-refractivity contribution in [3.05, 3.63) is 29.4 Å². The third-order valence-corrected chi connectivity index (χ3v) is 3.18. The normalized spacial score (nSPS) is 14.2. The van der Waals surface area contributed by atoms with E-state index >= 15 is 0 Å². The monoisotopic (exact) mass is 189 g/mol. The lowest BCUT2D eigenvalue weighted by molar-refractivity contribution is 0.364. The molecule has 2 aromatic heterocycles. The molecule has 0 fully saturated rings. The highest BCUT2D eigenvalue weighted by Gasteiger charge is 2.13. The van der Waals surface area contributed by atoms with Gasteiger partial charge in [0.1, 0.15) is 12.4 Å². The summed E-state index contributed by atoms with van der Waals surface area (Å²) in [5.41, 5.74) is 0. The molecular formula is C10H7NOS. The van der Waals surface area contributed by atoms with Gasteiger partial charge in [-0.25, -0.2) is 0 Å². The van der Waals surface area contributed by atoms with Crippen molar-refractivity contribution in [3.8, 4) is 5.75 Å². The molecule has 3 heteroatoms. The van der Waals surface area contributed by atoms with Crippen LogP contribution in [0.3, 0.4) is 0 Å². The number of pyridine rings is 1. The Kier molecular flexibility index (Phi) is 1.40. The minimum atomic E-state index is 0.674. The summed E-state index contributed by atoms with van der Waals surface area (Å²) in [6.07, 6.45) is 7.83. The predicted molar refractivity (Wildman–Crippen MR) is 54.1 cm³/mol. The molecule has 0 aliphatic carbocycles. The van der Waals surface area contributed by atoms with E-state index < -0.39 is 0 Å². The van der Waals surface area contributed by atoms with Gasteiger partial charge in [-0.05, 0) is 18.2 Å². The standard InChI is InChI=1S/C10H7NOS/c1-2-9-10(12-5-1)7-6-11-4-3-8(7)13-9/h1-4,6H,5H2. The zero-order valence-electron chi connectivity index (χ0n) is 6.86. The number of thiophene rings is 1. The van der Waals surface area contributed by atoms with Crippen LogP contribution >= 0.6 is 11.3 Å². The van der Waals surface area contributed by atoms with E-state index in [9.17, 15) is 0 Å². The van der Waals surface area contributed by atoms with Crippen molar-refractivity contribution in [1.82, 2.24) is 4.98 Å². The first kappa shape index (κ1) is 7.09. The molecule has 3 heterocycles. The van der Waals surface area contributed by atoms with E-state index in [0.717, 1.165) is 11.1 Å². The molecule has 1 aliphatic rings. The van der Waals surface area contributed by atoms with Crippen LogP contribution < -0.4 is 4.74 Å². The fourth-order valence-corrected chi connectivity index (χ4v) is 2.53. The van der Waals surface area contributed by atoms with E-state index in [1.54, 1.807) is 11.3 Å². The number of hydrogen-bond acceptors (Lipinski definition) is 3. The lowest BCUT2D eigenvalue weighted by atomic mass is 10.2. The minimum absolute atomic E-state index is 0.674. The van der Waals surface area contributed by atoms with Crippen LogP contribution in [0.5, 0.6) is 5.75 Å². The lowest BCUT2D eigenvalue weighted by Gasteiger charge is -2.06. The molecule has 0 radical (unpaired) electrons. The number of fused-ring (bicyclic) bond motifs is 3. The summed E-state index contributed by atoms with van der Waals surface area (Å²) in [6.45, 7) is 0.674. The number of nitrogens with zero attached hydrogens (tertiary/aromatic N) is 1. The second-order valence-corrected chi connectivity index (χ2v) is 3.96. The Balaban J connectivity index is 2.41. The van der Waals surface area contributed by atoms with E-state index in [2.05, 4.69) is 11.1 Å². The maximum Gasteiger partial charge on any atom is 0.147 e. The highest BCUT2D eigenvalue weighted by Crippen LogP contribution is 2.39. The summed E-state index contributed by atoms with van der Waals surface area (Å²) in [6, 6.07) is 2.02. The van der Waals surface area contributed by atoms with Gasteiger partial charge in [-0.2, -0.15) is 0 Å². The molecule has 0 amide bonds. The predicted octanol–water partition coefficient (Wildman–Crippen LogP) is 2.70. The Morgan fingerprint density at radius 3 is 3.46 bits per heavy atom. The second-order valence-electron chi connectivity index (χ2n) is 2.88. The maximum absolute atomic E-state index is 5.56. The number of hydrogen-bond donors (Lipinski definition) is 0. The van der Waals surface area contributed by atoms with Crippen LogP contribution in [0.4, 0.5) is 0 Å². The van der Waals surface area contributed by atoms with Gasteiger partial charge >= 0.3 is 0 Å². The van der Waals surface area contributed by atoms with Gasteiger partial charge in [-0.1, -0.05) is 0 Å². The van der Waals surface area contributed by atoms with Gasteiger partial charge in [0.2, 0.25) is 0 Å². The van der Waals surface area contributed by atoms with Crippen molar-refractivity contribution in [2.45, 2.75) is 0 Å². The van der Waals surface area contributed by atoms with Crippen molar-refractivity contribution in [3.63, 3.8) is 0 Å².